The van der Waals surface area contributed by atoms with Crippen LogP contribution in [0.5, 0.6) is 5.88 Å². The number of alkyl halides is 3. The highest BCUT2D eigenvalue weighted by molar-refractivity contribution is 5.73. The quantitative estimate of drug-likeness (QED) is 0.791. The van der Waals surface area contributed by atoms with Crippen molar-refractivity contribution in [3.63, 3.8) is 0 Å². The molecule has 0 spiro atoms. The van der Waals surface area contributed by atoms with Gasteiger partial charge in [-0.1, -0.05) is 18.2 Å². The van der Waals surface area contributed by atoms with Crippen LogP contribution in [-0.4, -0.2) is 35.7 Å². The van der Waals surface area contributed by atoms with Gasteiger partial charge in [-0.05, 0) is 23.8 Å². The Labute approximate surface area is 147 Å². The predicted molar refractivity (Wildman–Crippen MR) is 85.9 cm³/mol. The summed E-state index contributed by atoms with van der Waals surface area (Å²) in [6.07, 6.45) is -3.18. The third kappa shape index (κ3) is 6.23. The summed E-state index contributed by atoms with van der Waals surface area (Å²) in [7, 11) is 1.52. The molecule has 0 radical (unpaired) electrons. The molecule has 26 heavy (non-hydrogen) atoms. The molecule has 1 aromatic carbocycles. The molecule has 0 atom stereocenters. The summed E-state index contributed by atoms with van der Waals surface area (Å²) >= 11 is 0. The highest BCUT2D eigenvalue weighted by Crippen LogP contribution is 2.20. The second-order valence-electron chi connectivity index (χ2n) is 5.52. The fourth-order valence-corrected chi connectivity index (χ4v) is 2.13. The molecule has 0 aliphatic rings. The number of aromatic nitrogens is 1. The maximum Gasteiger partial charge on any atom is 0.422 e. The summed E-state index contributed by atoms with van der Waals surface area (Å²) < 4.78 is 54.6. The van der Waals surface area contributed by atoms with Crippen LogP contribution in [0.1, 0.15) is 11.1 Å². The van der Waals surface area contributed by atoms with E-state index in [0.717, 1.165) is 0 Å². The van der Waals surface area contributed by atoms with Crippen LogP contribution < -0.4 is 10.1 Å². The van der Waals surface area contributed by atoms with Gasteiger partial charge in [0.1, 0.15) is 5.82 Å². The topological polar surface area (TPSA) is 54.5 Å². The van der Waals surface area contributed by atoms with E-state index < -0.39 is 24.6 Å². The van der Waals surface area contributed by atoms with Gasteiger partial charge in [0.05, 0.1) is 0 Å². The molecule has 0 fully saturated rings. The fraction of sp³-hybridized carbons (Fsp3) is 0.294. The van der Waals surface area contributed by atoms with Crippen molar-refractivity contribution in [2.24, 2.45) is 0 Å². The number of pyridine rings is 1. The third-order valence-corrected chi connectivity index (χ3v) is 3.31. The second kappa shape index (κ2) is 8.50. The number of hydrogen-bond acceptors (Lipinski definition) is 3. The Hall–Kier alpha value is -2.84. The zero-order valence-corrected chi connectivity index (χ0v) is 13.9. The van der Waals surface area contributed by atoms with Gasteiger partial charge in [0, 0.05) is 31.9 Å². The van der Waals surface area contributed by atoms with Crippen molar-refractivity contribution in [1.29, 1.82) is 0 Å². The lowest BCUT2D eigenvalue weighted by atomic mass is 10.2. The molecule has 0 saturated heterocycles. The van der Waals surface area contributed by atoms with E-state index in [9.17, 15) is 22.4 Å². The number of halogens is 4. The number of benzene rings is 1. The highest BCUT2D eigenvalue weighted by Gasteiger charge is 2.29. The summed E-state index contributed by atoms with van der Waals surface area (Å²) in [5, 5.41) is 2.56. The average molecular weight is 371 g/mol. The summed E-state index contributed by atoms with van der Waals surface area (Å²) in [5.74, 6) is -0.601. The molecule has 0 bridgehead atoms. The van der Waals surface area contributed by atoms with Crippen molar-refractivity contribution in [1.82, 2.24) is 15.2 Å². The number of carbonyl (C=O) groups excluding carboxylic acids is 1. The third-order valence-electron chi connectivity index (χ3n) is 3.31. The minimum Gasteiger partial charge on any atom is -0.468 e. The molecule has 2 amide bonds. The molecular weight excluding hydrogens is 354 g/mol. The molecule has 0 unspecified atom stereocenters. The summed E-state index contributed by atoms with van der Waals surface area (Å²) in [4.78, 5) is 17.2. The van der Waals surface area contributed by atoms with Crippen molar-refractivity contribution >= 4 is 6.03 Å². The molecule has 140 valence electrons. The zero-order chi connectivity index (χ0) is 19.2. The van der Waals surface area contributed by atoms with Crippen LogP contribution in [0.3, 0.4) is 0 Å². The van der Waals surface area contributed by atoms with E-state index in [2.05, 4.69) is 15.0 Å². The summed E-state index contributed by atoms with van der Waals surface area (Å²) in [5.41, 5.74) is 0.919. The largest absolute Gasteiger partial charge is 0.468 e. The van der Waals surface area contributed by atoms with Crippen molar-refractivity contribution < 1.29 is 27.1 Å². The van der Waals surface area contributed by atoms with Crippen molar-refractivity contribution in [2.45, 2.75) is 19.3 Å². The molecule has 5 nitrogen and oxygen atoms in total. The van der Waals surface area contributed by atoms with E-state index in [-0.39, 0.29) is 19.0 Å². The molecule has 1 aromatic heterocycles. The number of ether oxygens (including phenoxy) is 1. The maximum absolute atomic E-state index is 13.2. The molecule has 2 rings (SSSR count). The van der Waals surface area contributed by atoms with Crippen molar-refractivity contribution in [2.75, 3.05) is 13.7 Å². The molecular formula is C17H17F4N3O2. The molecule has 0 aliphatic heterocycles. The van der Waals surface area contributed by atoms with Gasteiger partial charge in [0.2, 0.25) is 5.88 Å². The first-order chi connectivity index (χ1) is 12.2. The van der Waals surface area contributed by atoms with Gasteiger partial charge in [-0.25, -0.2) is 14.2 Å². The number of nitrogens with one attached hydrogen (secondary N) is 1. The lowest BCUT2D eigenvalue weighted by molar-refractivity contribution is -0.154. The monoisotopic (exact) mass is 371 g/mol. The molecule has 1 N–H and O–H groups in total. The number of hydrogen-bond donors (Lipinski definition) is 1. The Morgan fingerprint density at radius 3 is 2.73 bits per heavy atom. The first kappa shape index (κ1) is 19.5. The van der Waals surface area contributed by atoms with Crippen molar-refractivity contribution in [3.05, 3.63) is 59.5 Å². The molecule has 2 aromatic rings. The molecule has 0 aliphatic carbocycles. The van der Waals surface area contributed by atoms with Gasteiger partial charge in [0.15, 0.2) is 6.61 Å². The van der Waals surface area contributed by atoms with Crippen LogP contribution in [0.25, 0.3) is 0 Å². The number of urea groups is 1. The van der Waals surface area contributed by atoms with E-state index in [0.29, 0.717) is 11.1 Å². The van der Waals surface area contributed by atoms with E-state index in [4.69, 9.17) is 0 Å². The Balaban J connectivity index is 1.92. The molecule has 1 heterocycles. The minimum atomic E-state index is -4.48. The van der Waals surface area contributed by atoms with Gasteiger partial charge >= 0.3 is 12.2 Å². The van der Waals surface area contributed by atoms with Crippen molar-refractivity contribution in [3.8, 4) is 5.88 Å². The average Bonchev–Trinajstić information content (AvgIpc) is 2.57. The lowest BCUT2D eigenvalue weighted by Gasteiger charge is -2.19. The Bertz CT molecular complexity index is 753. The van der Waals surface area contributed by atoms with E-state index >= 15 is 0 Å². The number of rotatable bonds is 6. The van der Waals surface area contributed by atoms with Crippen LogP contribution in [-0.2, 0) is 13.1 Å². The standard InChI is InChI=1S/C17H17F4N3O2/c1-24(10-12-4-2-6-14(18)8-12)16(25)23-9-13-5-3-7-22-15(13)26-11-17(19,20)21/h2-8H,9-11H2,1H3,(H,23,25). The van der Waals surface area contributed by atoms with Gasteiger partial charge < -0.3 is 15.0 Å². The number of amides is 2. The fourth-order valence-electron chi connectivity index (χ4n) is 2.13. The Morgan fingerprint density at radius 2 is 2.04 bits per heavy atom. The maximum atomic E-state index is 13.2. The summed E-state index contributed by atoms with van der Waals surface area (Å²) in [6.45, 7) is -1.36. The van der Waals surface area contributed by atoms with Crippen LogP contribution in [0, 0.1) is 5.82 Å². The van der Waals surface area contributed by atoms with Crippen LogP contribution in [0.2, 0.25) is 0 Å². The van der Waals surface area contributed by atoms with Crippen LogP contribution >= 0.6 is 0 Å². The zero-order valence-electron chi connectivity index (χ0n) is 13.9. The van der Waals surface area contributed by atoms with E-state index in [1.54, 1.807) is 6.07 Å². The van der Waals surface area contributed by atoms with Crippen LogP contribution in [0.15, 0.2) is 42.6 Å². The number of carbonyl (C=O) groups is 1. The number of nitrogens with zero attached hydrogens (tertiary/aromatic N) is 2. The van der Waals surface area contributed by atoms with E-state index in [1.165, 1.54) is 48.5 Å². The van der Waals surface area contributed by atoms with Crippen LogP contribution in [0.4, 0.5) is 22.4 Å². The van der Waals surface area contributed by atoms with Gasteiger partial charge in [0.25, 0.3) is 0 Å². The van der Waals surface area contributed by atoms with Gasteiger partial charge in [-0.3, -0.25) is 0 Å². The minimum absolute atomic E-state index is 0.0621. The lowest BCUT2D eigenvalue weighted by Crippen LogP contribution is -2.36. The van der Waals surface area contributed by atoms with Gasteiger partial charge in [-0.2, -0.15) is 13.2 Å². The first-order valence-electron chi connectivity index (χ1n) is 7.61. The molecule has 0 saturated carbocycles. The summed E-state index contributed by atoms with van der Waals surface area (Å²) in [6, 6.07) is 8.39. The molecule has 9 heteroatoms. The smallest absolute Gasteiger partial charge is 0.422 e. The van der Waals surface area contributed by atoms with Gasteiger partial charge in [-0.15, -0.1) is 0 Å². The predicted octanol–water partition coefficient (Wildman–Crippen LogP) is 3.50. The van der Waals surface area contributed by atoms with E-state index in [1.807, 2.05) is 0 Å². The SMILES string of the molecule is CN(Cc1cccc(F)c1)C(=O)NCc1cccnc1OCC(F)(F)F. The highest BCUT2D eigenvalue weighted by atomic mass is 19.4. The Morgan fingerprint density at radius 1 is 1.27 bits per heavy atom. The first-order valence-corrected chi connectivity index (χ1v) is 7.61. The Kier molecular flexibility index (Phi) is 6.37. The normalized spacial score (nSPS) is 11.1. The second-order valence-corrected chi connectivity index (χ2v) is 5.52.